The number of rotatable bonds is 9. The smallest absolute Gasteiger partial charge is 0.339 e. The number of benzene rings is 2. The molecule has 0 fully saturated rings. The monoisotopic (exact) mass is 531 g/mol. The SMILES string of the molecule is COC(=O)c1ccccc1NC(=O)CSc1nnc(CCNC(=O)c2ccc(Br)cc2)n1C. The van der Waals surface area contributed by atoms with Crippen molar-refractivity contribution in [2.75, 3.05) is 24.7 Å². The van der Waals surface area contributed by atoms with Crippen molar-refractivity contribution in [3.8, 4) is 0 Å². The normalized spacial score (nSPS) is 10.5. The number of carbonyl (C=O) groups excluding carboxylic acids is 3. The van der Waals surface area contributed by atoms with E-state index in [4.69, 9.17) is 4.74 Å². The number of carbonyl (C=O) groups is 3. The molecule has 1 heterocycles. The largest absolute Gasteiger partial charge is 0.465 e. The highest BCUT2D eigenvalue weighted by atomic mass is 79.9. The maximum absolute atomic E-state index is 12.4. The Morgan fingerprint density at radius 2 is 1.82 bits per heavy atom. The van der Waals surface area contributed by atoms with E-state index in [2.05, 4.69) is 36.8 Å². The van der Waals surface area contributed by atoms with E-state index in [-0.39, 0.29) is 23.1 Å². The third-order valence-electron chi connectivity index (χ3n) is 4.60. The molecule has 0 aliphatic carbocycles. The van der Waals surface area contributed by atoms with Gasteiger partial charge in [0, 0.05) is 30.0 Å². The maximum atomic E-state index is 12.4. The average Bonchev–Trinajstić information content (AvgIpc) is 3.17. The van der Waals surface area contributed by atoms with Gasteiger partial charge in [-0.3, -0.25) is 9.59 Å². The minimum Gasteiger partial charge on any atom is -0.465 e. The molecule has 0 bridgehead atoms. The Balaban J connectivity index is 1.50. The topological polar surface area (TPSA) is 115 Å². The lowest BCUT2D eigenvalue weighted by molar-refractivity contribution is -0.113. The third-order valence-corrected chi connectivity index (χ3v) is 6.15. The Kier molecular flexibility index (Phi) is 8.61. The van der Waals surface area contributed by atoms with Gasteiger partial charge in [-0.1, -0.05) is 39.8 Å². The van der Waals surface area contributed by atoms with Crippen molar-refractivity contribution in [2.24, 2.45) is 7.05 Å². The molecule has 2 aromatic carbocycles. The molecule has 0 aliphatic heterocycles. The van der Waals surface area contributed by atoms with Gasteiger partial charge in [-0.25, -0.2) is 4.79 Å². The lowest BCUT2D eigenvalue weighted by Gasteiger charge is -2.09. The van der Waals surface area contributed by atoms with Crippen molar-refractivity contribution in [1.82, 2.24) is 20.1 Å². The summed E-state index contributed by atoms with van der Waals surface area (Å²) in [5, 5.41) is 14.4. The molecule has 1 aromatic heterocycles. The van der Waals surface area contributed by atoms with Crippen molar-refractivity contribution >= 4 is 51.2 Å². The Hall–Kier alpha value is -3.18. The van der Waals surface area contributed by atoms with Crippen LogP contribution in [-0.4, -0.2) is 52.0 Å². The number of aromatic nitrogens is 3. The van der Waals surface area contributed by atoms with Gasteiger partial charge in [0.15, 0.2) is 5.16 Å². The molecule has 2 N–H and O–H groups in total. The number of nitrogens with one attached hydrogen (secondary N) is 2. The molecular weight excluding hydrogens is 510 g/mol. The van der Waals surface area contributed by atoms with E-state index in [0.29, 0.717) is 35.2 Å². The summed E-state index contributed by atoms with van der Waals surface area (Å²) >= 11 is 4.57. The quantitative estimate of drug-likeness (QED) is 0.322. The minimum absolute atomic E-state index is 0.0851. The molecule has 0 unspecified atom stereocenters. The van der Waals surface area contributed by atoms with E-state index >= 15 is 0 Å². The van der Waals surface area contributed by atoms with Crippen LogP contribution in [0.1, 0.15) is 26.5 Å². The summed E-state index contributed by atoms with van der Waals surface area (Å²) in [5.41, 5.74) is 1.24. The van der Waals surface area contributed by atoms with Gasteiger partial charge in [-0.15, -0.1) is 10.2 Å². The van der Waals surface area contributed by atoms with Crippen LogP contribution in [-0.2, 0) is 23.0 Å². The molecule has 0 aliphatic rings. The summed E-state index contributed by atoms with van der Waals surface area (Å²) in [7, 11) is 3.09. The first-order chi connectivity index (χ1) is 15.9. The second-order valence-electron chi connectivity index (χ2n) is 6.84. The summed E-state index contributed by atoms with van der Waals surface area (Å²) in [6.07, 6.45) is 0.491. The molecular formula is C22H22BrN5O4S. The summed E-state index contributed by atoms with van der Waals surface area (Å²) < 4.78 is 7.43. The molecule has 9 nitrogen and oxygen atoms in total. The predicted molar refractivity (Wildman–Crippen MR) is 128 cm³/mol. The first kappa shape index (κ1) is 24.5. The maximum Gasteiger partial charge on any atom is 0.339 e. The van der Waals surface area contributed by atoms with Gasteiger partial charge < -0.3 is 19.9 Å². The number of nitrogens with zero attached hydrogens (tertiary/aromatic N) is 3. The molecule has 0 spiro atoms. The highest BCUT2D eigenvalue weighted by Crippen LogP contribution is 2.19. The van der Waals surface area contributed by atoms with Crippen molar-refractivity contribution < 1.29 is 19.1 Å². The Labute approximate surface area is 203 Å². The van der Waals surface area contributed by atoms with E-state index in [9.17, 15) is 14.4 Å². The van der Waals surface area contributed by atoms with Gasteiger partial charge in [0.25, 0.3) is 5.91 Å². The number of halogens is 1. The van der Waals surface area contributed by atoms with Crippen molar-refractivity contribution in [1.29, 1.82) is 0 Å². The second kappa shape index (κ2) is 11.6. The number of amides is 2. The first-order valence-corrected chi connectivity index (χ1v) is 11.7. The number of hydrogen-bond donors (Lipinski definition) is 2. The highest BCUT2D eigenvalue weighted by molar-refractivity contribution is 9.10. The molecule has 0 atom stereocenters. The summed E-state index contributed by atoms with van der Waals surface area (Å²) in [5.74, 6) is -0.207. The molecule has 11 heteroatoms. The van der Waals surface area contributed by atoms with Crippen LogP contribution in [0.3, 0.4) is 0 Å². The Morgan fingerprint density at radius 1 is 1.09 bits per heavy atom. The number of esters is 1. The molecule has 2 amide bonds. The van der Waals surface area contributed by atoms with Crippen LogP contribution in [0, 0.1) is 0 Å². The first-order valence-electron chi connectivity index (χ1n) is 9.91. The van der Waals surface area contributed by atoms with Gasteiger partial charge in [-0.05, 0) is 36.4 Å². The van der Waals surface area contributed by atoms with Crippen molar-refractivity contribution in [2.45, 2.75) is 11.6 Å². The molecule has 3 aromatic rings. The highest BCUT2D eigenvalue weighted by Gasteiger charge is 2.15. The third kappa shape index (κ3) is 6.65. The molecule has 33 heavy (non-hydrogen) atoms. The van der Waals surface area contributed by atoms with Crippen molar-refractivity contribution in [3.63, 3.8) is 0 Å². The zero-order valence-corrected chi connectivity index (χ0v) is 20.4. The summed E-state index contributed by atoms with van der Waals surface area (Å²) in [6, 6.07) is 13.7. The van der Waals surface area contributed by atoms with E-state index in [1.54, 1.807) is 48.0 Å². The Bertz CT molecular complexity index is 1150. The van der Waals surface area contributed by atoms with Crippen molar-refractivity contribution in [3.05, 3.63) is 70.0 Å². The number of ether oxygens (including phenoxy) is 1. The van der Waals surface area contributed by atoms with Crippen LogP contribution in [0.15, 0.2) is 58.2 Å². The molecule has 0 radical (unpaired) electrons. The zero-order valence-electron chi connectivity index (χ0n) is 18.0. The second-order valence-corrected chi connectivity index (χ2v) is 8.70. The average molecular weight is 532 g/mol. The van der Waals surface area contributed by atoms with Crippen LogP contribution in [0.2, 0.25) is 0 Å². The predicted octanol–water partition coefficient (Wildman–Crippen LogP) is 3.07. The number of methoxy groups -OCH3 is 1. The van der Waals surface area contributed by atoms with E-state index in [0.717, 1.165) is 4.47 Å². The van der Waals surface area contributed by atoms with Gasteiger partial charge in [-0.2, -0.15) is 0 Å². The van der Waals surface area contributed by atoms with Gasteiger partial charge >= 0.3 is 5.97 Å². The summed E-state index contributed by atoms with van der Waals surface area (Å²) in [4.78, 5) is 36.4. The van der Waals surface area contributed by atoms with E-state index in [1.807, 2.05) is 12.1 Å². The molecule has 172 valence electrons. The fourth-order valence-corrected chi connectivity index (χ4v) is 3.87. The van der Waals surface area contributed by atoms with Gasteiger partial charge in [0.05, 0.1) is 24.1 Å². The lowest BCUT2D eigenvalue weighted by atomic mass is 10.2. The van der Waals surface area contributed by atoms with Crippen LogP contribution in [0.4, 0.5) is 5.69 Å². The Morgan fingerprint density at radius 3 is 2.55 bits per heavy atom. The van der Waals surface area contributed by atoms with Crippen LogP contribution in [0.5, 0.6) is 0 Å². The standard InChI is InChI=1S/C22H22BrN5O4S/c1-28-18(11-12-24-20(30)14-7-9-15(23)10-8-14)26-27-22(28)33-13-19(29)25-17-6-4-3-5-16(17)21(31)32-2/h3-10H,11-13H2,1-2H3,(H,24,30)(H,25,29). The van der Waals surface area contributed by atoms with E-state index < -0.39 is 5.97 Å². The number of thioether (sulfide) groups is 1. The fraction of sp³-hybridized carbons (Fsp3) is 0.227. The molecule has 3 rings (SSSR count). The fourth-order valence-electron chi connectivity index (χ4n) is 2.88. The molecule has 0 saturated heterocycles. The van der Waals surface area contributed by atoms with Crippen LogP contribution >= 0.6 is 27.7 Å². The number of hydrogen-bond acceptors (Lipinski definition) is 7. The number of para-hydroxylation sites is 1. The van der Waals surface area contributed by atoms with Crippen LogP contribution < -0.4 is 10.6 Å². The van der Waals surface area contributed by atoms with Gasteiger partial charge in [0.2, 0.25) is 5.91 Å². The molecule has 0 saturated carbocycles. The van der Waals surface area contributed by atoms with Crippen LogP contribution in [0.25, 0.3) is 0 Å². The number of anilines is 1. The zero-order chi connectivity index (χ0) is 23.8. The minimum atomic E-state index is -0.524. The summed E-state index contributed by atoms with van der Waals surface area (Å²) in [6.45, 7) is 0.399. The van der Waals surface area contributed by atoms with Gasteiger partial charge in [0.1, 0.15) is 5.82 Å². The van der Waals surface area contributed by atoms with E-state index in [1.165, 1.54) is 18.9 Å². The lowest BCUT2D eigenvalue weighted by Crippen LogP contribution is -2.26.